The third-order valence-corrected chi connectivity index (χ3v) is 12.2. The Bertz CT molecular complexity index is 1120. The largest absolute Gasteiger partial charge is 0.472 e. The number of aliphatic hydroxyl groups is 2. The van der Waals surface area contributed by atoms with Crippen LogP contribution in [0.15, 0.2) is 48.6 Å². The van der Waals surface area contributed by atoms with Gasteiger partial charge in [0.15, 0.2) is 0 Å². The van der Waals surface area contributed by atoms with Crippen molar-refractivity contribution in [1.29, 1.82) is 0 Å². The second kappa shape index (κ2) is 49.8. The van der Waals surface area contributed by atoms with Crippen LogP contribution in [0.3, 0.4) is 0 Å². The Morgan fingerprint density at radius 3 is 1.37 bits per heavy atom. The van der Waals surface area contributed by atoms with E-state index in [0.717, 1.165) is 64.2 Å². The van der Waals surface area contributed by atoms with Gasteiger partial charge in [0.1, 0.15) is 12.2 Å². The number of phosphoric ester groups is 1. The highest BCUT2D eigenvalue weighted by Crippen LogP contribution is 2.43. The van der Waals surface area contributed by atoms with Crippen molar-refractivity contribution < 1.29 is 43.0 Å². The summed E-state index contributed by atoms with van der Waals surface area (Å²) < 4.78 is 33.6. The Morgan fingerprint density at radius 1 is 0.508 bits per heavy atom. The fourth-order valence-electron chi connectivity index (χ4n) is 7.35. The van der Waals surface area contributed by atoms with E-state index >= 15 is 0 Å². The second-order valence-electron chi connectivity index (χ2n) is 17.5. The molecular formula is C53H99O9P. The number of rotatable bonds is 50. The van der Waals surface area contributed by atoms with Crippen LogP contribution in [0.4, 0.5) is 0 Å². The number of unbranched alkanes of at least 4 members (excludes halogenated alkanes) is 28. The summed E-state index contributed by atoms with van der Waals surface area (Å²) in [6, 6.07) is 0. The zero-order valence-electron chi connectivity index (χ0n) is 40.8. The number of phosphoric acid groups is 1. The van der Waals surface area contributed by atoms with Gasteiger partial charge in [-0.2, -0.15) is 0 Å². The van der Waals surface area contributed by atoms with Crippen molar-refractivity contribution in [3.63, 3.8) is 0 Å². The van der Waals surface area contributed by atoms with Gasteiger partial charge in [0, 0.05) is 13.0 Å². The monoisotopic (exact) mass is 911 g/mol. The van der Waals surface area contributed by atoms with Gasteiger partial charge in [-0.1, -0.05) is 229 Å². The molecule has 0 rings (SSSR count). The molecule has 0 amide bonds. The number of allylic oxidation sites excluding steroid dienone is 8. The molecule has 3 N–H and O–H groups in total. The van der Waals surface area contributed by atoms with Crippen LogP contribution in [-0.4, -0.2) is 66.3 Å². The molecule has 0 saturated carbocycles. The number of carbonyl (C=O) groups is 1. The SMILES string of the molecule is CC/C=C\C/C=C\C/C=C\C/C=C\CCCCCCCCCCCCCOCC(COP(=O)(O)OCC(O)CO)OC(=O)CCCCCCCCCCCCCCCCCCCC. The summed E-state index contributed by atoms with van der Waals surface area (Å²) in [6.07, 6.45) is 57.9. The molecule has 0 spiro atoms. The first-order valence-electron chi connectivity index (χ1n) is 26.1. The summed E-state index contributed by atoms with van der Waals surface area (Å²) >= 11 is 0. The zero-order chi connectivity index (χ0) is 46.0. The van der Waals surface area contributed by atoms with Crippen LogP contribution in [0.5, 0.6) is 0 Å². The molecule has 3 atom stereocenters. The van der Waals surface area contributed by atoms with Gasteiger partial charge >= 0.3 is 13.8 Å². The van der Waals surface area contributed by atoms with Crippen molar-refractivity contribution in [2.45, 2.75) is 251 Å². The van der Waals surface area contributed by atoms with Crippen LogP contribution in [0.25, 0.3) is 0 Å². The Hall–Kier alpha value is -1.58. The summed E-state index contributed by atoms with van der Waals surface area (Å²) in [4.78, 5) is 22.7. The Labute approximate surface area is 388 Å². The average Bonchev–Trinajstić information content (AvgIpc) is 3.28. The molecule has 370 valence electrons. The molecule has 63 heavy (non-hydrogen) atoms. The molecular weight excluding hydrogens is 812 g/mol. The summed E-state index contributed by atoms with van der Waals surface area (Å²) in [5, 5.41) is 18.4. The number of carbonyl (C=O) groups excluding carboxylic acids is 1. The van der Waals surface area contributed by atoms with E-state index in [1.54, 1.807) is 0 Å². The molecule has 0 radical (unpaired) electrons. The zero-order valence-corrected chi connectivity index (χ0v) is 41.7. The summed E-state index contributed by atoms with van der Waals surface area (Å²) in [5.74, 6) is -0.380. The van der Waals surface area contributed by atoms with Crippen LogP contribution >= 0.6 is 7.82 Å². The van der Waals surface area contributed by atoms with E-state index in [4.69, 9.17) is 23.6 Å². The minimum absolute atomic E-state index is 0.0492. The molecule has 0 aliphatic rings. The first kappa shape index (κ1) is 61.4. The predicted molar refractivity (Wildman–Crippen MR) is 265 cm³/mol. The smallest absolute Gasteiger partial charge is 0.457 e. The van der Waals surface area contributed by atoms with E-state index in [1.165, 1.54) is 154 Å². The summed E-state index contributed by atoms with van der Waals surface area (Å²) in [7, 11) is -4.52. The lowest BCUT2D eigenvalue weighted by Gasteiger charge is -2.20. The minimum atomic E-state index is -4.52. The van der Waals surface area contributed by atoms with E-state index in [-0.39, 0.29) is 25.6 Å². The molecule has 3 unspecified atom stereocenters. The van der Waals surface area contributed by atoms with Gasteiger partial charge in [-0.15, -0.1) is 0 Å². The second-order valence-corrected chi connectivity index (χ2v) is 19.0. The lowest BCUT2D eigenvalue weighted by atomic mass is 10.0. The van der Waals surface area contributed by atoms with Gasteiger partial charge in [0.2, 0.25) is 0 Å². The van der Waals surface area contributed by atoms with Gasteiger partial charge < -0.3 is 24.6 Å². The van der Waals surface area contributed by atoms with Crippen LogP contribution in [-0.2, 0) is 27.9 Å². The molecule has 0 saturated heterocycles. The van der Waals surface area contributed by atoms with Crippen molar-refractivity contribution in [1.82, 2.24) is 0 Å². The van der Waals surface area contributed by atoms with Crippen molar-refractivity contribution in [3.8, 4) is 0 Å². The fraction of sp³-hybridized carbons (Fsp3) is 0.830. The maximum atomic E-state index is 12.7. The number of esters is 1. The number of ether oxygens (including phenoxy) is 2. The molecule has 10 heteroatoms. The predicted octanol–water partition coefficient (Wildman–Crippen LogP) is 15.3. The van der Waals surface area contributed by atoms with Crippen LogP contribution in [0.2, 0.25) is 0 Å². The molecule has 0 fully saturated rings. The highest BCUT2D eigenvalue weighted by Gasteiger charge is 2.26. The normalized spacial score (nSPS) is 14.2. The molecule has 0 aromatic carbocycles. The Kier molecular flexibility index (Phi) is 48.6. The summed E-state index contributed by atoms with van der Waals surface area (Å²) in [5.41, 5.74) is 0. The first-order valence-corrected chi connectivity index (χ1v) is 27.6. The lowest BCUT2D eigenvalue weighted by Crippen LogP contribution is -2.29. The third kappa shape index (κ3) is 49.7. The van der Waals surface area contributed by atoms with Crippen LogP contribution < -0.4 is 0 Å². The molecule has 0 heterocycles. The molecule has 0 aliphatic heterocycles. The topological polar surface area (TPSA) is 132 Å². The maximum absolute atomic E-state index is 12.7. The summed E-state index contributed by atoms with van der Waals surface area (Å²) in [6.45, 7) is 3.44. The van der Waals surface area contributed by atoms with E-state index in [9.17, 15) is 19.4 Å². The molecule has 0 aromatic rings. The lowest BCUT2D eigenvalue weighted by molar-refractivity contribution is -0.154. The number of hydrogen-bond acceptors (Lipinski definition) is 8. The van der Waals surface area contributed by atoms with Crippen molar-refractivity contribution in [3.05, 3.63) is 48.6 Å². The molecule has 0 aliphatic carbocycles. The number of aliphatic hydroxyl groups excluding tert-OH is 2. The highest BCUT2D eigenvalue weighted by atomic mass is 31.2. The standard InChI is InChI=1S/C53H99O9P/c1-3-5-7-9-11-13-15-17-19-21-23-24-25-26-27-28-30-32-34-36-38-40-42-44-46-59-49-52(50-61-63(57,58)60-48-51(55)47-54)62-53(56)45-43-41-39-37-35-33-31-29-22-20-18-16-14-12-10-8-6-4-2/h5,7,11,13,17,19,23-24,51-52,54-55H,3-4,6,8-10,12,14-16,18,20-22,25-50H2,1-2H3,(H,57,58)/b7-5-,13-11-,19-17-,24-23-. The van der Waals surface area contributed by atoms with E-state index in [0.29, 0.717) is 6.61 Å². The fourth-order valence-corrected chi connectivity index (χ4v) is 8.14. The number of hydrogen-bond donors (Lipinski definition) is 3. The Morgan fingerprint density at radius 2 is 0.905 bits per heavy atom. The average molecular weight is 911 g/mol. The van der Waals surface area contributed by atoms with Gasteiger partial charge in [0.25, 0.3) is 0 Å². The van der Waals surface area contributed by atoms with E-state index < -0.39 is 33.2 Å². The third-order valence-electron chi connectivity index (χ3n) is 11.3. The van der Waals surface area contributed by atoms with E-state index in [2.05, 4.69) is 62.5 Å². The van der Waals surface area contributed by atoms with E-state index in [1.807, 2.05) is 0 Å². The Balaban J connectivity index is 4.04. The minimum Gasteiger partial charge on any atom is -0.457 e. The maximum Gasteiger partial charge on any atom is 0.472 e. The quantitative estimate of drug-likeness (QED) is 0.0236. The highest BCUT2D eigenvalue weighted by molar-refractivity contribution is 7.47. The van der Waals surface area contributed by atoms with Crippen molar-refractivity contribution in [2.24, 2.45) is 0 Å². The van der Waals surface area contributed by atoms with Crippen molar-refractivity contribution in [2.75, 3.05) is 33.0 Å². The molecule has 9 nitrogen and oxygen atoms in total. The van der Waals surface area contributed by atoms with Crippen LogP contribution in [0.1, 0.15) is 239 Å². The van der Waals surface area contributed by atoms with Gasteiger partial charge in [0.05, 0.1) is 26.4 Å². The van der Waals surface area contributed by atoms with Gasteiger partial charge in [-0.25, -0.2) is 4.57 Å². The first-order chi connectivity index (χ1) is 30.8. The van der Waals surface area contributed by atoms with Gasteiger partial charge in [-0.3, -0.25) is 13.8 Å². The molecule has 0 bridgehead atoms. The van der Waals surface area contributed by atoms with Crippen LogP contribution in [0, 0.1) is 0 Å². The van der Waals surface area contributed by atoms with Gasteiger partial charge in [-0.05, 0) is 51.4 Å². The molecule has 0 aromatic heterocycles. The van der Waals surface area contributed by atoms with Crippen molar-refractivity contribution >= 4 is 13.8 Å².